The van der Waals surface area contributed by atoms with Crippen molar-refractivity contribution in [2.45, 2.75) is 51.2 Å². The van der Waals surface area contributed by atoms with E-state index >= 15 is 0 Å². The Kier molecular flexibility index (Phi) is 3.32. The zero-order valence-electron chi connectivity index (χ0n) is 14.0. The molecule has 1 aromatic heterocycles. The topological polar surface area (TPSA) is 23.6 Å². The molecule has 5 rings (SSSR count). The molecule has 0 unspecified atom stereocenters. The van der Waals surface area contributed by atoms with Crippen LogP contribution in [0, 0.1) is 6.92 Å². The Bertz CT molecular complexity index is 812. The smallest absolute Gasteiger partial charge is 0.244 e. The highest BCUT2D eigenvalue weighted by atomic mass is 32.1. The first-order valence-electron chi connectivity index (χ1n) is 8.93. The van der Waals surface area contributed by atoms with Crippen LogP contribution in [0.4, 0.5) is 5.69 Å². The van der Waals surface area contributed by atoms with Gasteiger partial charge < -0.3 is 4.90 Å². The molecule has 2 aliphatic heterocycles. The summed E-state index contributed by atoms with van der Waals surface area (Å²) in [5, 5.41) is 0. The van der Waals surface area contributed by atoms with Crippen molar-refractivity contribution >= 4 is 22.9 Å². The number of fused-ring (bicyclic) bond motifs is 3. The number of carbonyl (C=O) groups excluding carboxylic acids is 1. The maximum Gasteiger partial charge on any atom is 0.244 e. The largest absolute Gasteiger partial charge is 0.307 e. The number of likely N-dealkylation sites (tertiary alicyclic amines) is 1. The number of carbonyl (C=O) groups is 1. The number of nitrogens with zero attached hydrogens (tertiary/aromatic N) is 2. The molecule has 24 heavy (non-hydrogen) atoms. The average Bonchev–Trinajstić information content (AvgIpc) is 3.31. The highest BCUT2D eigenvalue weighted by Gasteiger charge is 2.50. The molecule has 2 atom stereocenters. The van der Waals surface area contributed by atoms with E-state index in [9.17, 15) is 4.79 Å². The summed E-state index contributed by atoms with van der Waals surface area (Å²) in [5.41, 5.74) is 4.05. The van der Waals surface area contributed by atoms with Gasteiger partial charge in [-0.15, -0.1) is 11.3 Å². The first-order chi connectivity index (χ1) is 11.7. The van der Waals surface area contributed by atoms with Gasteiger partial charge in [0, 0.05) is 28.5 Å². The van der Waals surface area contributed by atoms with Gasteiger partial charge >= 0.3 is 0 Å². The zero-order chi connectivity index (χ0) is 16.3. The lowest BCUT2D eigenvalue weighted by molar-refractivity contribution is -0.122. The van der Waals surface area contributed by atoms with E-state index in [0.717, 1.165) is 25.2 Å². The highest BCUT2D eigenvalue weighted by Crippen LogP contribution is 2.38. The second-order valence-corrected chi connectivity index (χ2v) is 8.73. The summed E-state index contributed by atoms with van der Waals surface area (Å²) in [6.07, 6.45) is 4.61. The van der Waals surface area contributed by atoms with Gasteiger partial charge in [-0.2, -0.15) is 0 Å². The number of thiophene rings is 1. The lowest BCUT2D eigenvalue weighted by Gasteiger charge is -2.34. The van der Waals surface area contributed by atoms with Gasteiger partial charge in [0.05, 0.1) is 12.1 Å². The predicted octanol–water partition coefficient (Wildman–Crippen LogP) is 3.53. The van der Waals surface area contributed by atoms with E-state index in [4.69, 9.17) is 0 Å². The molecule has 0 spiro atoms. The number of rotatable bonds is 3. The fourth-order valence-electron chi connectivity index (χ4n) is 4.65. The first kappa shape index (κ1) is 14.7. The number of aryl methyl sites for hydroxylation is 3. The Morgan fingerprint density at radius 2 is 2.04 bits per heavy atom. The minimum Gasteiger partial charge on any atom is -0.307 e. The van der Waals surface area contributed by atoms with Crippen LogP contribution in [0.5, 0.6) is 0 Å². The van der Waals surface area contributed by atoms with Crippen LogP contribution in [0.2, 0.25) is 0 Å². The predicted molar refractivity (Wildman–Crippen MR) is 97.6 cm³/mol. The van der Waals surface area contributed by atoms with Gasteiger partial charge in [-0.05, 0) is 68.0 Å². The lowest BCUT2D eigenvalue weighted by atomic mass is 10.1. The van der Waals surface area contributed by atoms with Crippen LogP contribution in [0.1, 0.15) is 33.7 Å². The molecule has 2 saturated heterocycles. The van der Waals surface area contributed by atoms with Crippen LogP contribution in [0.3, 0.4) is 0 Å². The summed E-state index contributed by atoms with van der Waals surface area (Å²) in [5.74, 6) is 0.303. The van der Waals surface area contributed by atoms with E-state index in [-0.39, 0.29) is 6.04 Å². The quantitative estimate of drug-likeness (QED) is 0.855. The van der Waals surface area contributed by atoms with Gasteiger partial charge in [0.1, 0.15) is 0 Å². The Labute approximate surface area is 146 Å². The van der Waals surface area contributed by atoms with Crippen LogP contribution >= 0.6 is 11.3 Å². The molecule has 2 aromatic rings. The number of hydrogen-bond donors (Lipinski definition) is 0. The molecule has 1 amide bonds. The van der Waals surface area contributed by atoms with E-state index in [1.54, 1.807) is 0 Å². The van der Waals surface area contributed by atoms with Crippen molar-refractivity contribution in [3.05, 3.63) is 51.2 Å². The molecule has 2 bridgehead atoms. The number of benzene rings is 1. The third-order valence-corrected chi connectivity index (χ3v) is 6.77. The molecule has 3 heterocycles. The average molecular weight is 338 g/mol. The van der Waals surface area contributed by atoms with Gasteiger partial charge in [-0.25, -0.2) is 0 Å². The van der Waals surface area contributed by atoms with Crippen molar-refractivity contribution < 1.29 is 4.79 Å². The minimum atomic E-state index is 0.0747. The minimum absolute atomic E-state index is 0.0747. The zero-order valence-corrected chi connectivity index (χ0v) is 14.8. The maximum atomic E-state index is 13.0. The molecular formula is C20H22N2OS. The molecule has 0 saturated carbocycles. The van der Waals surface area contributed by atoms with Crippen molar-refractivity contribution in [3.8, 4) is 0 Å². The third-order valence-electron chi connectivity index (χ3n) is 5.78. The molecule has 124 valence electrons. The van der Waals surface area contributed by atoms with Crippen LogP contribution in [-0.4, -0.2) is 29.4 Å². The van der Waals surface area contributed by atoms with Gasteiger partial charge in [0.25, 0.3) is 0 Å². The standard InChI is InChI=1S/C20H22N2OS/c1-13-5-8-18(24-13)12-21-11-17-10-19(21)20(23)22(17)16-7-6-14-3-2-4-15(14)9-16/h5-9,17,19H,2-4,10-12H2,1H3/t17-,19-/m0/s1. The second kappa shape index (κ2) is 5.43. The normalized spacial score (nSPS) is 25.7. The Morgan fingerprint density at radius 1 is 1.17 bits per heavy atom. The van der Waals surface area contributed by atoms with Crippen molar-refractivity contribution in [2.75, 3.05) is 11.4 Å². The number of piperazine rings is 1. The summed E-state index contributed by atoms with van der Waals surface area (Å²) in [4.78, 5) is 20.1. The van der Waals surface area contributed by atoms with Crippen LogP contribution in [0.15, 0.2) is 30.3 Å². The fourth-order valence-corrected chi connectivity index (χ4v) is 5.57. The Hall–Kier alpha value is -1.65. The monoisotopic (exact) mass is 338 g/mol. The number of amides is 1. The molecule has 3 nitrogen and oxygen atoms in total. The van der Waals surface area contributed by atoms with Gasteiger partial charge in [-0.3, -0.25) is 9.69 Å². The van der Waals surface area contributed by atoms with Crippen molar-refractivity contribution in [1.82, 2.24) is 4.90 Å². The van der Waals surface area contributed by atoms with E-state index in [1.165, 1.54) is 40.1 Å². The number of hydrogen-bond acceptors (Lipinski definition) is 3. The van der Waals surface area contributed by atoms with Gasteiger partial charge in [0.15, 0.2) is 0 Å². The van der Waals surface area contributed by atoms with Gasteiger partial charge in [-0.1, -0.05) is 6.07 Å². The molecular weight excluding hydrogens is 316 g/mol. The lowest BCUT2D eigenvalue weighted by Crippen LogP contribution is -2.50. The summed E-state index contributed by atoms with van der Waals surface area (Å²) in [6, 6.07) is 11.5. The van der Waals surface area contributed by atoms with Gasteiger partial charge in [0.2, 0.25) is 5.91 Å². The highest BCUT2D eigenvalue weighted by molar-refractivity contribution is 7.11. The Balaban J connectivity index is 1.36. The van der Waals surface area contributed by atoms with E-state index in [2.05, 4.69) is 47.1 Å². The van der Waals surface area contributed by atoms with Crippen LogP contribution in [0.25, 0.3) is 0 Å². The molecule has 1 aromatic carbocycles. The third kappa shape index (κ3) is 2.24. The van der Waals surface area contributed by atoms with Crippen LogP contribution < -0.4 is 4.90 Å². The van der Waals surface area contributed by atoms with E-state index in [0.29, 0.717) is 11.9 Å². The summed E-state index contributed by atoms with van der Waals surface area (Å²) in [7, 11) is 0. The van der Waals surface area contributed by atoms with E-state index in [1.807, 2.05) is 11.3 Å². The Morgan fingerprint density at radius 3 is 2.83 bits per heavy atom. The molecule has 4 heteroatoms. The number of anilines is 1. The van der Waals surface area contributed by atoms with Crippen molar-refractivity contribution in [3.63, 3.8) is 0 Å². The summed E-state index contributed by atoms with van der Waals surface area (Å²) >= 11 is 1.85. The molecule has 3 aliphatic rings. The molecule has 1 aliphatic carbocycles. The van der Waals surface area contributed by atoms with Crippen molar-refractivity contribution in [1.29, 1.82) is 0 Å². The summed E-state index contributed by atoms with van der Waals surface area (Å²) in [6.45, 7) is 4.07. The van der Waals surface area contributed by atoms with Crippen LogP contribution in [-0.2, 0) is 24.2 Å². The van der Waals surface area contributed by atoms with E-state index < -0.39 is 0 Å². The summed E-state index contributed by atoms with van der Waals surface area (Å²) < 4.78 is 0. The second-order valence-electron chi connectivity index (χ2n) is 7.36. The molecule has 0 N–H and O–H groups in total. The SMILES string of the molecule is Cc1ccc(CN2C[C@@H]3C[C@H]2C(=O)N3c2ccc3c(c2)CCC3)s1. The van der Waals surface area contributed by atoms with Crippen molar-refractivity contribution in [2.24, 2.45) is 0 Å². The molecule has 2 fully saturated rings. The molecule has 0 radical (unpaired) electrons. The fraction of sp³-hybridized carbons (Fsp3) is 0.450. The maximum absolute atomic E-state index is 13.0. The first-order valence-corrected chi connectivity index (χ1v) is 9.75.